The molecule has 6 heteroatoms. The summed E-state index contributed by atoms with van der Waals surface area (Å²) < 4.78 is 0. The molecular formula is C20H24N6. The van der Waals surface area contributed by atoms with Crippen molar-refractivity contribution in [3.63, 3.8) is 0 Å². The zero-order valence-corrected chi connectivity index (χ0v) is 15.3. The molecule has 3 heterocycles. The fraction of sp³-hybridized carbons (Fsp3) is 0.350. The van der Waals surface area contributed by atoms with Crippen LogP contribution in [0.4, 0.5) is 11.4 Å². The van der Waals surface area contributed by atoms with Gasteiger partial charge in [0.05, 0.1) is 28.6 Å². The molecule has 0 saturated carbocycles. The van der Waals surface area contributed by atoms with Crippen LogP contribution in [-0.4, -0.2) is 41.1 Å². The van der Waals surface area contributed by atoms with E-state index in [1.807, 2.05) is 12.4 Å². The quantitative estimate of drug-likeness (QED) is 0.756. The molecule has 4 rings (SSSR count). The van der Waals surface area contributed by atoms with Gasteiger partial charge in [0, 0.05) is 51.3 Å². The summed E-state index contributed by atoms with van der Waals surface area (Å²) in [4.78, 5) is 15.7. The summed E-state index contributed by atoms with van der Waals surface area (Å²) in [6.45, 7) is 9.08. The highest BCUT2D eigenvalue weighted by molar-refractivity contribution is 5.80. The number of aryl methyl sites for hydroxylation is 1. The van der Waals surface area contributed by atoms with Gasteiger partial charge in [-0.2, -0.15) is 0 Å². The predicted octanol–water partition coefficient (Wildman–Crippen LogP) is 2.66. The highest BCUT2D eigenvalue weighted by atomic mass is 15.2. The lowest BCUT2D eigenvalue weighted by Crippen LogP contribution is -2.43. The summed E-state index contributed by atoms with van der Waals surface area (Å²) in [6, 6.07) is 4.23. The van der Waals surface area contributed by atoms with Crippen LogP contribution in [0.5, 0.6) is 0 Å². The van der Waals surface area contributed by atoms with Gasteiger partial charge in [-0.15, -0.1) is 0 Å². The van der Waals surface area contributed by atoms with Gasteiger partial charge < -0.3 is 15.5 Å². The van der Waals surface area contributed by atoms with Crippen LogP contribution in [-0.2, 0) is 6.54 Å². The fourth-order valence-electron chi connectivity index (χ4n) is 3.51. The monoisotopic (exact) mass is 348 g/mol. The van der Waals surface area contributed by atoms with Gasteiger partial charge in [0.2, 0.25) is 0 Å². The summed E-state index contributed by atoms with van der Waals surface area (Å²) in [5.41, 5.74) is 7.92. The van der Waals surface area contributed by atoms with Crippen molar-refractivity contribution in [1.29, 1.82) is 0 Å². The second kappa shape index (κ2) is 7.25. The van der Waals surface area contributed by atoms with E-state index in [2.05, 4.69) is 56.5 Å². The van der Waals surface area contributed by atoms with E-state index in [-0.39, 0.29) is 0 Å². The number of hydrogen-bond acceptors (Lipinski definition) is 6. The largest absolute Gasteiger partial charge is 0.378 e. The van der Waals surface area contributed by atoms with Gasteiger partial charge in [0.15, 0.2) is 0 Å². The Labute approximate surface area is 153 Å². The molecule has 2 aromatic heterocycles. The minimum Gasteiger partial charge on any atom is -0.378 e. The van der Waals surface area contributed by atoms with Gasteiger partial charge >= 0.3 is 0 Å². The van der Waals surface area contributed by atoms with Crippen molar-refractivity contribution in [2.45, 2.75) is 20.4 Å². The number of hydrogen-bond donors (Lipinski definition) is 2. The van der Waals surface area contributed by atoms with Crippen LogP contribution in [0, 0.1) is 13.8 Å². The van der Waals surface area contributed by atoms with Crippen molar-refractivity contribution in [1.82, 2.24) is 20.3 Å². The van der Waals surface area contributed by atoms with E-state index in [0.717, 1.165) is 49.4 Å². The molecule has 0 amide bonds. The van der Waals surface area contributed by atoms with E-state index < -0.39 is 0 Å². The van der Waals surface area contributed by atoms with Crippen LogP contribution in [0.25, 0.3) is 11.0 Å². The third-order valence-electron chi connectivity index (χ3n) is 5.16. The van der Waals surface area contributed by atoms with Crippen LogP contribution in [0.15, 0.2) is 36.9 Å². The molecule has 1 saturated heterocycles. The minimum absolute atomic E-state index is 0.740. The zero-order valence-electron chi connectivity index (χ0n) is 15.3. The summed E-state index contributed by atoms with van der Waals surface area (Å²) in [7, 11) is 0. The van der Waals surface area contributed by atoms with E-state index >= 15 is 0 Å². The highest BCUT2D eigenvalue weighted by Crippen LogP contribution is 2.27. The fourth-order valence-corrected chi connectivity index (χ4v) is 3.51. The lowest BCUT2D eigenvalue weighted by molar-refractivity contribution is 0.589. The zero-order chi connectivity index (χ0) is 17.9. The Morgan fingerprint density at radius 2 is 1.88 bits per heavy atom. The molecule has 6 nitrogen and oxygen atoms in total. The molecule has 26 heavy (non-hydrogen) atoms. The minimum atomic E-state index is 0.740. The van der Waals surface area contributed by atoms with Crippen LogP contribution < -0.4 is 15.5 Å². The van der Waals surface area contributed by atoms with Crippen molar-refractivity contribution >= 4 is 22.4 Å². The Balaban J connectivity index is 1.60. The summed E-state index contributed by atoms with van der Waals surface area (Å²) in [6.07, 6.45) is 7.28. The number of nitrogens with one attached hydrogen (secondary N) is 2. The lowest BCUT2D eigenvalue weighted by Gasteiger charge is -2.31. The lowest BCUT2D eigenvalue weighted by atomic mass is 10.0. The third kappa shape index (κ3) is 3.20. The van der Waals surface area contributed by atoms with Crippen molar-refractivity contribution < 1.29 is 0 Å². The molecule has 1 aliphatic heterocycles. The standard InChI is InChI=1S/C20H24N6/c1-14-15(2)20-17(23-5-6-24-20)11-16(14)12-25-18-13-22-4-3-19(18)26-9-7-21-8-10-26/h3-6,11,13,21,25H,7-10,12H2,1-2H3. The Morgan fingerprint density at radius 1 is 1.08 bits per heavy atom. The van der Waals surface area contributed by atoms with E-state index in [4.69, 9.17) is 0 Å². The topological polar surface area (TPSA) is 66.0 Å². The average Bonchev–Trinajstić information content (AvgIpc) is 2.70. The summed E-state index contributed by atoms with van der Waals surface area (Å²) >= 11 is 0. The number of rotatable bonds is 4. The first-order valence-electron chi connectivity index (χ1n) is 9.07. The van der Waals surface area contributed by atoms with Gasteiger partial charge in [-0.3, -0.25) is 15.0 Å². The second-order valence-electron chi connectivity index (χ2n) is 6.69. The predicted molar refractivity (Wildman–Crippen MR) is 106 cm³/mol. The molecule has 1 aliphatic rings. The maximum absolute atomic E-state index is 4.47. The molecule has 1 fully saturated rings. The van der Waals surface area contributed by atoms with Gasteiger partial charge in [-0.05, 0) is 42.7 Å². The van der Waals surface area contributed by atoms with Crippen molar-refractivity contribution in [2.24, 2.45) is 0 Å². The van der Waals surface area contributed by atoms with E-state index in [1.54, 1.807) is 12.4 Å². The third-order valence-corrected chi connectivity index (χ3v) is 5.16. The molecule has 0 unspecified atom stereocenters. The molecule has 0 aliphatic carbocycles. The molecule has 0 bridgehead atoms. The molecule has 0 radical (unpaired) electrons. The van der Waals surface area contributed by atoms with Crippen LogP contribution in [0.1, 0.15) is 16.7 Å². The first-order valence-corrected chi connectivity index (χ1v) is 9.07. The van der Waals surface area contributed by atoms with E-state index in [9.17, 15) is 0 Å². The summed E-state index contributed by atoms with van der Waals surface area (Å²) in [5, 5.41) is 6.99. The molecule has 134 valence electrons. The first-order chi connectivity index (χ1) is 12.7. The van der Waals surface area contributed by atoms with E-state index in [1.165, 1.54) is 22.4 Å². The normalized spacial score (nSPS) is 14.6. The molecular weight excluding hydrogens is 324 g/mol. The van der Waals surface area contributed by atoms with Gasteiger partial charge in [0.1, 0.15) is 0 Å². The Bertz CT molecular complexity index is 917. The number of piperazine rings is 1. The smallest absolute Gasteiger partial charge is 0.0918 e. The SMILES string of the molecule is Cc1c(CNc2cnccc2N2CCNCC2)cc2nccnc2c1C. The van der Waals surface area contributed by atoms with Crippen LogP contribution in [0.2, 0.25) is 0 Å². The average molecular weight is 348 g/mol. The second-order valence-corrected chi connectivity index (χ2v) is 6.69. The number of pyridine rings is 1. The number of benzene rings is 1. The maximum Gasteiger partial charge on any atom is 0.0918 e. The highest BCUT2D eigenvalue weighted by Gasteiger charge is 2.15. The van der Waals surface area contributed by atoms with Crippen molar-refractivity contribution in [3.8, 4) is 0 Å². The van der Waals surface area contributed by atoms with Crippen LogP contribution in [0.3, 0.4) is 0 Å². The van der Waals surface area contributed by atoms with Crippen LogP contribution >= 0.6 is 0 Å². The first kappa shape index (κ1) is 16.7. The molecule has 2 N–H and O–H groups in total. The molecule has 0 spiro atoms. The van der Waals surface area contributed by atoms with Gasteiger partial charge in [0.25, 0.3) is 0 Å². The Kier molecular flexibility index (Phi) is 4.67. The van der Waals surface area contributed by atoms with Gasteiger partial charge in [-0.1, -0.05) is 0 Å². The number of aromatic nitrogens is 3. The van der Waals surface area contributed by atoms with Crippen molar-refractivity contribution in [2.75, 3.05) is 36.4 Å². The molecule has 3 aromatic rings. The molecule has 1 aromatic carbocycles. The van der Waals surface area contributed by atoms with Gasteiger partial charge in [-0.25, -0.2) is 0 Å². The number of fused-ring (bicyclic) bond motifs is 1. The number of nitrogens with zero attached hydrogens (tertiary/aromatic N) is 4. The molecule has 0 atom stereocenters. The Hall–Kier alpha value is -2.73. The van der Waals surface area contributed by atoms with Crippen molar-refractivity contribution in [3.05, 3.63) is 53.6 Å². The number of anilines is 2. The maximum atomic E-state index is 4.47. The Morgan fingerprint density at radius 3 is 2.73 bits per heavy atom. The van der Waals surface area contributed by atoms with E-state index in [0.29, 0.717) is 0 Å². The summed E-state index contributed by atoms with van der Waals surface area (Å²) in [5.74, 6) is 0.